The molecule has 1 aliphatic heterocycles. The first-order valence-electron chi connectivity index (χ1n) is 6.47. The number of aryl methyl sites for hydroxylation is 1. The van der Waals surface area contributed by atoms with E-state index >= 15 is 0 Å². The molecule has 7 heteroatoms. The number of amidine groups is 1. The van der Waals surface area contributed by atoms with Gasteiger partial charge in [-0.15, -0.1) is 5.10 Å². The molecule has 1 amide bonds. The van der Waals surface area contributed by atoms with Gasteiger partial charge in [0, 0.05) is 0 Å². The first-order valence-corrected chi connectivity index (χ1v) is 7.35. The van der Waals surface area contributed by atoms with E-state index in [2.05, 4.69) is 22.4 Å². The van der Waals surface area contributed by atoms with Crippen LogP contribution in [0.4, 0.5) is 0 Å². The molecule has 21 heavy (non-hydrogen) atoms. The Bertz CT molecular complexity index is 596. The van der Waals surface area contributed by atoms with Gasteiger partial charge >= 0.3 is 5.97 Å². The van der Waals surface area contributed by atoms with Crippen LogP contribution in [0.2, 0.25) is 0 Å². The minimum Gasteiger partial charge on any atom is -0.481 e. The highest BCUT2D eigenvalue weighted by atomic mass is 32.2. The third-order valence-corrected chi connectivity index (χ3v) is 3.95. The van der Waals surface area contributed by atoms with Gasteiger partial charge in [0.05, 0.1) is 12.6 Å². The van der Waals surface area contributed by atoms with Crippen molar-refractivity contribution in [1.29, 1.82) is 0 Å². The number of carboxylic acid groups (broad SMARTS) is 1. The molecule has 0 aromatic heterocycles. The number of rotatable bonds is 5. The number of thioether (sulfide) groups is 1. The number of hydrogen-bond acceptors (Lipinski definition) is 5. The van der Waals surface area contributed by atoms with Gasteiger partial charge in [-0.05, 0) is 17.5 Å². The molecule has 2 rings (SSSR count). The smallest absolute Gasteiger partial charge is 0.305 e. The summed E-state index contributed by atoms with van der Waals surface area (Å²) in [5.74, 6) is -1.35. The van der Waals surface area contributed by atoms with Crippen LogP contribution in [-0.4, -0.2) is 33.6 Å². The topological polar surface area (TPSA) is 91.1 Å². The number of nitrogens with zero attached hydrogens (tertiary/aromatic N) is 2. The average molecular weight is 305 g/mol. The van der Waals surface area contributed by atoms with Crippen molar-refractivity contribution >= 4 is 35.0 Å². The van der Waals surface area contributed by atoms with Crippen molar-refractivity contribution in [2.24, 2.45) is 10.2 Å². The summed E-state index contributed by atoms with van der Waals surface area (Å²) in [4.78, 5) is 22.1. The number of hydrogen-bond donors (Lipinski definition) is 2. The molecule has 110 valence electrons. The van der Waals surface area contributed by atoms with Crippen LogP contribution in [0.5, 0.6) is 0 Å². The van der Waals surface area contributed by atoms with Gasteiger partial charge in [-0.25, -0.2) is 0 Å². The molecule has 1 heterocycles. The molecule has 0 spiro atoms. The zero-order chi connectivity index (χ0) is 15.2. The lowest BCUT2D eigenvalue weighted by Crippen LogP contribution is -2.26. The quantitative estimate of drug-likeness (QED) is 0.639. The van der Waals surface area contributed by atoms with Crippen LogP contribution < -0.4 is 5.32 Å². The largest absolute Gasteiger partial charge is 0.481 e. The molecule has 0 saturated carbocycles. The fourth-order valence-corrected chi connectivity index (χ4v) is 2.65. The molecule has 0 bridgehead atoms. The van der Waals surface area contributed by atoms with Gasteiger partial charge in [0.1, 0.15) is 5.25 Å². The molecule has 1 unspecified atom stereocenters. The van der Waals surface area contributed by atoms with E-state index in [4.69, 9.17) is 5.11 Å². The minimum absolute atomic E-state index is 0.224. The predicted molar refractivity (Wildman–Crippen MR) is 82.6 cm³/mol. The lowest BCUT2D eigenvalue weighted by molar-refractivity contribution is -0.138. The summed E-state index contributed by atoms with van der Waals surface area (Å²) in [7, 11) is 0. The Morgan fingerprint density at radius 3 is 2.76 bits per heavy atom. The maximum atomic E-state index is 11.5. The van der Waals surface area contributed by atoms with Crippen molar-refractivity contribution in [3.63, 3.8) is 0 Å². The van der Waals surface area contributed by atoms with E-state index in [1.54, 1.807) is 6.21 Å². The lowest BCUT2D eigenvalue weighted by Gasteiger charge is -1.97. The average Bonchev–Trinajstić information content (AvgIpc) is 2.79. The number of carbonyl (C=O) groups is 2. The number of nitrogens with one attached hydrogen (secondary N) is 1. The summed E-state index contributed by atoms with van der Waals surface area (Å²) in [5, 5.41) is 18.7. The van der Waals surface area contributed by atoms with E-state index in [1.165, 1.54) is 5.56 Å². The maximum absolute atomic E-state index is 11.5. The Kier molecular flexibility index (Phi) is 5.10. The molecule has 2 N–H and O–H groups in total. The van der Waals surface area contributed by atoms with Gasteiger partial charge in [0.15, 0.2) is 5.17 Å². The first kappa shape index (κ1) is 15.2. The van der Waals surface area contributed by atoms with Crippen LogP contribution in [0.15, 0.2) is 34.5 Å². The zero-order valence-corrected chi connectivity index (χ0v) is 12.3. The van der Waals surface area contributed by atoms with E-state index in [0.717, 1.165) is 23.7 Å². The first-order chi connectivity index (χ1) is 10.1. The standard InChI is InChI=1S/C14H15N3O3S/c1-2-9-3-5-10(6-4-9)8-15-17-14-16-13(20)11(21-14)7-12(18)19/h3-6,8,11H,2,7H2,1H3,(H,18,19)(H,16,17,20). The van der Waals surface area contributed by atoms with E-state index in [9.17, 15) is 9.59 Å². The van der Waals surface area contributed by atoms with Crippen LogP contribution in [-0.2, 0) is 16.0 Å². The molecular formula is C14H15N3O3S. The van der Waals surface area contributed by atoms with Gasteiger partial charge in [0.25, 0.3) is 0 Å². The van der Waals surface area contributed by atoms with Gasteiger partial charge in [-0.1, -0.05) is 43.0 Å². The van der Waals surface area contributed by atoms with Crippen LogP contribution >= 0.6 is 11.8 Å². The molecule has 6 nitrogen and oxygen atoms in total. The second kappa shape index (κ2) is 7.03. The second-order valence-electron chi connectivity index (χ2n) is 4.44. The fourth-order valence-electron chi connectivity index (χ4n) is 1.73. The Hall–Kier alpha value is -2.15. The second-order valence-corrected chi connectivity index (χ2v) is 5.63. The molecule has 1 aromatic carbocycles. The molecule has 1 aromatic rings. The van der Waals surface area contributed by atoms with Crippen molar-refractivity contribution < 1.29 is 14.7 Å². The Morgan fingerprint density at radius 1 is 1.43 bits per heavy atom. The summed E-state index contributed by atoms with van der Waals surface area (Å²) in [6, 6.07) is 7.92. The SMILES string of the molecule is CCc1ccc(C=N/N=C2/NC(=O)C(CC(=O)O)S2)cc1. The van der Waals surface area contributed by atoms with Crippen molar-refractivity contribution in [1.82, 2.24) is 5.32 Å². The molecular weight excluding hydrogens is 290 g/mol. The highest BCUT2D eigenvalue weighted by Gasteiger charge is 2.32. The van der Waals surface area contributed by atoms with Gasteiger partial charge < -0.3 is 10.4 Å². The minimum atomic E-state index is -1.01. The van der Waals surface area contributed by atoms with E-state index in [-0.39, 0.29) is 12.3 Å². The van der Waals surface area contributed by atoms with E-state index in [1.807, 2.05) is 24.3 Å². The molecule has 0 radical (unpaired) electrons. The van der Waals surface area contributed by atoms with Gasteiger partial charge in [-0.3, -0.25) is 9.59 Å². The van der Waals surface area contributed by atoms with Crippen molar-refractivity contribution in [2.45, 2.75) is 25.0 Å². The van der Waals surface area contributed by atoms with Crippen LogP contribution in [0, 0.1) is 0 Å². The zero-order valence-electron chi connectivity index (χ0n) is 11.4. The normalized spacial score (nSPS) is 20.1. The molecule has 1 aliphatic rings. The van der Waals surface area contributed by atoms with Gasteiger partial charge in [-0.2, -0.15) is 5.10 Å². The molecule has 1 atom stereocenters. The molecule has 1 fully saturated rings. The van der Waals surface area contributed by atoms with Crippen molar-refractivity contribution in [3.8, 4) is 0 Å². The highest BCUT2D eigenvalue weighted by molar-refractivity contribution is 8.15. The van der Waals surface area contributed by atoms with Crippen molar-refractivity contribution in [2.75, 3.05) is 0 Å². The highest BCUT2D eigenvalue weighted by Crippen LogP contribution is 2.22. The summed E-state index contributed by atoms with van der Waals surface area (Å²) >= 11 is 1.08. The predicted octanol–water partition coefficient (Wildman–Crippen LogP) is 1.65. The Morgan fingerprint density at radius 2 is 2.14 bits per heavy atom. The fraction of sp³-hybridized carbons (Fsp3) is 0.286. The number of carbonyl (C=O) groups excluding carboxylic acids is 1. The summed E-state index contributed by atoms with van der Waals surface area (Å²) < 4.78 is 0. The summed E-state index contributed by atoms with van der Waals surface area (Å²) in [5.41, 5.74) is 2.15. The number of amides is 1. The third-order valence-electron chi connectivity index (χ3n) is 2.88. The number of carboxylic acids is 1. The van der Waals surface area contributed by atoms with Crippen molar-refractivity contribution in [3.05, 3.63) is 35.4 Å². The Labute approximate surface area is 126 Å². The van der Waals surface area contributed by atoms with E-state index in [0.29, 0.717) is 5.17 Å². The third kappa shape index (κ3) is 4.42. The lowest BCUT2D eigenvalue weighted by atomic mass is 10.1. The number of benzene rings is 1. The van der Waals surface area contributed by atoms with Gasteiger partial charge in [0.2, 0.25) is 5.91 Å². The molecule has 0 aliphatic carbocycles. The summed E-state index contributed by atoms with van der Waals surface area (Å²) in [6.45, 7) is 2.09. The maximum Gasteiger partial charge on any atom is 0.305 e. The van der Waals surface area contributed by atoms with E-state index < -0.39 is 11.2 Å². The van der Waals surface area contributed by atoms with Crippen LogP contribution in [0.3, 0.4) is 0 Å². The number of aliphatic carboxylic acids is 1. The van der Waals surface area contributed by atoms with Crippen LogP contribution in [0.1, 0.15) is 24.5 Å². The summed E-state index contributed by atoms with van der Waals surface area (Å²) in [6.07, 6.45) is 2.34. The van der Waals surface area contributed by atoms with Crippen LogP contribution in [0.25, 0.3) is 0 Å². The molecule has 1 saturated heterocycles. The monoisotopic (exact) mass is 305 g/mol. The Balaban J connectivity index is 1.96.